The largest absolute Gasteiger partial charge is 0.354 e. The van der Waals surface area contributed by atoms with E-state index in [1.54, 1.807) is 11.3 Å². The van der Waals surface area contributed by atoms with Crippen LogP contribution in [0.15, 0.2) is 35.7 Å². The average Bonchev–Trinajstić information content (AvgIpc) is 3.12. The van der Waals surface area contributed by atoms with Crippen molar-refractivity contribution < 1.29 is 14.5 Å². The molecule has 2 rings (SSSR count). The van der Waals surface area contributed by atoms with E-state index in [9.17, 15) is 19.7 Å². The molecule has 1 heterocycles. The van der Waals surface area contributed by atoms with Gasteiger partial charge in [0, 0.05) is 23.1 Å². The summed E-state index contributed by atoms with van der Waals surface area (Å²) in [5.74, 6) is -1.02. The van der Waals surface area contributed by atoms with Crippen molar-refractivity contribution in [3.05, 3.63) is 61.3 Å². The summed E-state index contributed by atoms with van der Waals surface area (Å²) in [7, 11) is 0. The van der Waals surface area contributed by atoms with Crippen molar-refractivity contribution in [3.8, 4) is 0 Å². The molecule has 7 nitrogen and oxygen atoms in total. The monoisotopic (exact) mass is 409 g/mol. The Bertz CT molecular complexity index is 824. The highest BCUT2D eigenvalue weighted by atomic mass is 35.5. The van der Waals surface area contributed by atoms with Gasteiger partial charge in [-0.15, -0.1) is 11.3 Å². The number of nitro groups is 1. The third-order valence-corrected chi connectivity index (χ3v) is 5.15. The van der Waals surface area contributed by atoms with E-state index in [1.165, 1.54) is 12.1 Å². The summed E-state index contributed by atoms with van der Waals surface area (Å²) in [6, 6.07) is 6.96. The Morgan fingerprint density at radius 2 is 2.04 bits per heavy atom. The van der Waals surface area contributed by atoms with Crippen LogP contribution in [-0.4, -0.2) is 29.3 Å². The topological polar surface area (TPSA) is 101 Å². The highest BCUT2D eigenvalue weighted by Crippen LogP contribution is 2.25. The molecule has 0 saturated carbocycles. The van der Waals surface area contributed by atoms with E-state index < -0.39 is 16.9 Å². The lowest BCUT2D eigenvalue weighted by Crippen LogP contribution is -2.50. The van der Waals surface area contributed by atoms with Crippen LogP contribution in [0.4, 0.5) is 5.69 Å². The molecule has 27 heavy (non-hydrogen) atoms. The Morgan fingerprint density at radius 1 is 1.30 bits per heavy atom. The van der Waals surface area contributed by atoms with E-state index in [0.29, 0.717) is 13.0 Å². The van der Waals surface area contributed by atoms with Gasteiger partial charge in [0.2, 0.25) is 5.91 Å². The molecule has 0 aliphatic rings. The zero-order valence-electron chi connectivity index (χ0n) is 14.9. The number of nitro benzene ring substituents is 1. The minimum absolute atomic E-state index is 0.0525. The van der Waals surface area contributed by atoms with Crippen LogP contribution in [0.1, 0.15) is 29.1 Å². The maximum Gasteiger partial charge on any atom is 0.288 e. The molecule has 1 aromatic carbocycles. The summed E-state index contributed by atoms with van der Waals surface area (Å²) in [4.78, 5) is 36.4. The minimum atomic E-state index is -0.754. The number of benzene rings is 1. The summed E-state index contributed by atoms with van der Waals surface area (Å²) in [5, 5.41) is 18.4. The molecule has 0 radical (unpaired) electrons. The third-order valence-electron chi connectivity index (χ3n) is 3.89. The second kappa shape index (κ2) is 9.48. The lowest BCUT2D eigenvalue weighted by atomic mass is 10.0. The molecule has 9 heteroatoms. The van der Waals surface area contributed by atoms with Crippen LogP contribution in [0.2, 0.25) is 5.02 Å². The Labute approximate surface area is 165 Å². The molecule has 0 spiro atoms. The van der Waals surface area contributed by atoms with Crippen LogP contribution in [0.25, 0.3) is 0 Å². The summed E-state index contributed by atoms with van der Waals surface area (Å²) >= 11 is 7.38. The number of rotatable bonds is 8. The molecule has 2 aromatic rings. The number of carbonyl (C=O) groups excluding carboxylic acids is 2. The number of halogens is 1. The first kappa shape index (κ1) is 20.9. The van der Waals surface area contributed by atoms with Gasteiger partial charge in [-0.2, -0.15) is 0 Å². The lowest BCUT2D eigenvalue weighted by Gasteiger charge is -2.21. The Hall–Kier alpha value is -2.45. The fourth-order valence-corrected chi connectivity index (χ4v) is 3.32. The number of thiophene rings is 1. The predicted octanol–water partition coefficient (Wildman–Crippen LogP) is 3.42. The Balaban J connectivity index is 2.02. The zero-order valence-corrected chi connectivity index (χ0v) is 16.5. The van der Waals surface area contributed by atoms with Crippen LogP contribution in [-0.2, 0) is 11.2 Å². The average molecular weight is 410 g/mol. The van der Waals surface area contributed by atoms with Crippen LogP contribution < -0.4 is 10.6 Å². The summed E-state index contributed by atoms with van der Waals surface area (Å²) in [6.07, 6.45) is 0.714. The van der Waals surface area contributed by atoms with Crippen LogP contribution in [0.5, 0.6) is 0 Å². The first-order chi connectivity index (χ1) is 12.8. The van der Waals surface area contributed by atoms with Gasteiger partial charge in [-0.1, -0.05) is 31.5 Å². The minimum Gasteiger partial charge on any atom is -0.354 e. The van der Waals surface area contributed by atoms with Crippen molar-refractivity contribution in [3.63, 3.8) is 0 Å². The lowest BCUT2D eigenvalue weighted by molar-refractivity contribution is -0.384. The van der Waals surface area contributed by atoms with E-state index in [0.717, 1.165) is 10.9 Å². The molecule has 144 valence electrons. The second-order valence-electron chi connectivity index (χ2n) is 6.24. The van der Waals surface area contributed by atoms with Crippen molar-refractivity contribution in [1.29, 1.82) is 0 Å². The highest BCUT2D eigenvalue weighted by molar-refractivity contribution is 7.09. The Kier molecular flexibility index (Phi) is 7.32. The maximum absolute atomic E-state index is 12.5. The first-order valence-corrected chi connectivity index (χ1v) is 9.60. The molecule has 0 fully saturated rings. The Morgan fingerprint density at radius 3 is 2.63 bits per heavy atom. The molecule has 2 N–H and O–H groups in total. The van der Waals surface area contributed by atoms with Gasteiger partial charge >= 0.3 is 0 Å². The van der Waals surface area contributed by atoms with E-state index in [1.807, 2.05) is 31.4 Å². The van der Waals surface area contributed by atoms with Crippen LogP contribution in [0, 0.1) is 16.0 Å². The number of amides is 2. The standard InChI is InChI=1S/C18H20ClN3O4S/c1-11(2)16(18(24)20-8-7-13-4-3-9-27-13)21-17(23)12-5-6-14(19)15(10-12)22(25)26/h3-6,9-11,16H,7-8H2,1-2H3,(H,20,24)(H,21,23). The van der Waals surface area contributed by atoms with Crippen molar-refractivity contribution >= 4 is 40.4 Å². The molecular formula is C18H20ClN3O4S. The third kappa shape index (κ3) is 5.77. The van der Waals surface area contributed by atoms with Crippen molar-refractivity contribution in [2.45, 2.75) is 26.3 Å². The van der Waals surface area contributed by atoms with E-state index in [2.05, 4.69) is 10.6 Å². The number of nitrogens with zero attached hydrogens (tertiary/aromatic N) is 1. The van der Waals surface area contributed by atoms with Gasteiger partial charge in [0.15, 0.2) is 0 Å². The van der Waals surface area contributed by atoms with Gasteiger partial charge in [-0.25, -0.2) is 0 Å². The van der Waals surface area contributed by atoms with E-state index in [4.69, 9.17) is 11.6 Å². The highest BCUT2D eigenvalue weighted by Gasteiger charge is 2.25. The normalized spacial score (nSPS) is 11.9. The van der Waals surface area contributed by atoms with Gasteiger partial charge in [-0.05, 0) is 35.9 Å². The number of hydrogen-bond donors (Lipinski definition) is 2. The summed E-state index contributed by atoms with van der Waals surface area (Å²) < 4.78 is 0. The van der Waals surface area contributed by atoms with Crippen molar-refractivity contribution in [2.24, 2.45) is 5.92 Å². The van der Waals surface area contributed by atoms with Crippen molar-refractivity contribution in [1.82, 2.24) is 10.6 Å². The fourth-order valence-electron chi connectivity index (χ4n) is 2.43. The van der Waals surface area contributed by atoms with Gasteiger partial charge in [0.05, 0.1) is 4.92 Å². The van der Waals surface area contributed by atoms with Gasteiger partial charge in [0.1, 0.15) is 11.1 Å². The van der Waals surface area contributed by atoms with Gasteiger partial charge in [-0.3, -0.25) is 19.7 Å². The van der Waals surface area contributed by atoms with Crippen molar-refractivity contribution in [2.75, 3.05) is 6.54 Å². The fraction of sp³-hybridized carbons (Fsp3) is 0.333. The maximum atomic E-state index is 12.5. The summed E-state index contributed by atoms with van der Waals surface area (Å²) in [6.45, 7) is 4.09. The molecule has 0 aliphatic heterocycles. The SMILES string of the molecule is CC(C)C(NC(=O)c1ccc(Cl)c([N+](=O)[O-])c1)C(=O)NCCc1cccs1. The molecule has 1 unspecified atom stereocenters. The molecule has 1 aromatic heterocycles. The molecule has 0 saturated heterocycles. The number of carbonyl (C=O) groups is 2. The quantitative estimate of drug-likeness (QED) is 0.515. The first-order valence-electron chi connectivity index (χ1n) is 8.34. The molecule has 0 aliphatic carbocycles. The number of nitrogens with one attached hydrogen (secondary N) is 2. The summed E-state index contributed by atoms with van der Waals surface area (Å²) in [5.41, 5.74) is -0.283. The molecular weight excluding hydrogens is 390 g/mol. The van der Waals surface area contributed by atoms with E-state index in [-0.39, 0.29) is 28.1 Å². The van der Waals surface area contributed by atoms with Crippen LogP contribution in [0.3, 0.4) is 0 Å². The zero-order chi connectivity index (χ0) is 20.0. The predicted molar refractivity (Wildman–Crippen MR) is 105 cm³/mol. The number of hydrogen-bond acceptors (Lipinski definition) is 5. The second-order valence-corrected chi connectivity index (χ2v) is 7.68. The molecule has 2 amide bonds. The van der Waals surface area contributed by atoms with E-state index >= 15 is 0 Å². The van der Waals surface area contributed by atoms with Gasteiger partial charge < -0.3 is 10.6 Å². The molecule has 0 bridgehead atoms. The molecule has 1 atom stereocenters. The smallest absolute Gasteiger partial charge is 0.288 e. The van der Waals surface area contributed by atoms with Gasteiger partial charge in [0.25, 0.3) is 11.6 Å². The van der Waals surface area contributed by atoms with Crippen LogP contribution >= 0.6 is 22.9 Å².